The zero-order chi connectivity index (χ0) is 24.7. The molecule has 0 unspecified atom stereocenters. The van der Waals surface area contributed by atoms with Crippen LogP contribution < -0.4 is 4.74 Å². The van der Waals surface area contributed by atoms with Gasteiger partial charge in [-0.2, -0.15) is 8.78 Å². The first kappa shape index (κ1) is 22.8. The fourth-order valence-electron chi connectivity index (χ4n) is 3.51. The molecule has 0 atom stereocenters. The van der Waals surface area contributed by atoms with Gasteiger partial charge >= 0.3 is 6.11 Å². The highest BCUT2D eigenvalue weighted by Gasteiger charge is 2.35. The van der Waals surface area contributed by atoms with Crippen molar-refractivity contribution in [3.8, 4) is 17.6 Å². The van der Waals surface area contributed by atoms with Crippen LogP contribution in [0.25, 0.3) is 21.0 Å². The third kappa shape index (κ3) is 4.68. The minimum atomic E-state index is -3.91. The number of thiazole rings is 1. The maximum atomic E-state index is 14.6. The first-order chi connectivity index (χ1) is 16.7. The number of rotatable bonds is 3. The van der Waals surface area contributed by atoms with E-state index in [0.717, 1.165) is 21.8 Å². The van der Waals surface area contributed by atoms with Crippen molar-refractivity contribution in [1.29, 1.82) is 0 Å². The Kier molecular flexibility index (Phi) is 5.65. The summed E-state index contributed by atoms with van der Waals surface area (Å²) in [6, 6.07) is 15.6. The summed E-state index contributed by atoms with van der Waals surface area (Å²) in [5.74, 6) is 0.250. The first-order valence-electron chi connectivity index (χ1n) is 10.3. The van der Waals surface area contributed by atoms with Crippen molar-refractivity contribution in [1.82, 2.24) is 4.98 Å². The molecule has 174 valence electrons. The Labute approximate surface area is 200 Å². The van der Waals surface area contributed by atoms with Crippen molar-refractivity contribution in [3.05, 3.63) is 106 Å². The van der Waals surface area contributed by atoms with Gasteiger partial charge in [0.2, 0.25) is 0 Å². The molecule has 4 aromatic carbocycles. The largest absolute Gasteiger partial charge is 0.429 e. The van der Waals surface area contributed by atoms with Crippen LogP contribution in [-0.2, 0) is 6.11 Å². The van der Waals surface area contributed by atoms with Gasteiger partial charge in [0, 0.05) is 17.7 Å². The Hall–Kier alpha value is -3.96. The number of aryl methyl sites for hydroxylation is 1. The molecule has 0 amide bonds. The predicted molar refractivity (Wildman–Crippen MR) is 125 cm³/mol. The van der Waals surface area contributed by atoms with Crippen molar-refractivity contribution in [2.24, 2.45) is 0 Å². The third-order valence-corrected chi connectivity index (χ3v) is 6.17. The molecule has 0 radical (unpaired) electrons. The van der Waals surface area contributed by atoms with Crippen molar-refractivity contribution >= 4 is 32.3 Å². The molecule has 5 rings (SSSR count). The number of ether oxygens (including phenoxy) is 1. The Morgan fingerprint density at radius 1 is 0.829 bits per heavy atom. The SMILES string of the molecule is Cc1ccc2nc(C#Cc3ccc4cc(C(F)(F)Oc5cc(F)c(F)c(F)c5)ccc4c3)sc2c1. The summed E-state index contributed by atoms with van der Waals surface area (Å²) < 4.78 is 74.6. The molecule has 1 aromatic heterocycles. The Morgan fingerprint density at radius 2 is 1.54 bits per heavy atom. The highest BCUT2D eigenvalue weighted by atomic mass is 32.1. The molecule has 5 aromatic rings. The molecule has 0 fully saturated rings. The number of alkyl halides is 2. The maximum absolute atomic E-state index is 14.6. The number of benzene rings is 4. The average Bonchev–Trinajstić information content (AvgIpc) is 3.22. The van der Waals surface area contributed by atoms with Gasteiger partial charge < -0.3 is 4.74 Å². The number of aromatic nitrogens is 1. The molecule has 0 bridgehead atoms. The van der Waals surface area contributed by atoms with Crippen molar-refractivity contribution in [3.63, 3.8) is 0 Å². The van der Waals surface area contributed by atoms with E-state index in [4.69, 9.17) is 0 Å². The fourth-order valence-corrected chi connectivity index (χ4v) is 4.43. The van der Waals surface area contributed by atoms with Crippen molar-refractivity contribution in [2.45, 2.75) is 13.0 Å². The smallest absolute Gasteiger partial charge is 0.426 e. The Bertz CT molecular complexity index is 1640. The molecular weight excluding hydrogens is 481 g/mol. The summed E-state index contributed by atoms with van der Waals surface area (Å²) >= 11 is 1.49. The lowest BCUT2D eigenvalue weighted by atomic mass is 10.0. The molecule has 0 aliphatic heterocycles. The fraction of sp³-hybridized carbons (Fsp3) is 0.0741. The highest BCUT2D eigenvalue weighted by molar-refractivity contribution is 7.19. The van der Waals surface area contributed by atoms with Crippen LogP contribution in [0.2, 0.25) is 0 Å². The van der Waals surface area contributed by atoms with E-state index in [1.54, 1.807) is 18.2 Å². The molecule has 0 aliphatic rings. The number of fused-ring (bicyclic) bond motifs is 2. The summed E-state index contributed by atoms with van der Waals surface area (Å²) in [7, 11) is 0. The highest BCUT2D eigenvalue weighted by Crippen LogP contribution is 2.34. The monoisotopic (exact) mass is 495 g/mol. The van der Waals surface area contributed by atoms with Crippen LogP contribution in [0.3, 0.4) is 0 Å². The van der Waals surface area contributed by atoms with Crippen LogP contribution in [0, 0.1) is 36.2 Å². The molecule has 0 aliphatic carbocycles. The van der Waals surface area contributed by atoms with E-state index in [9.17, 15) is 22.0 Å². The molecule has 35 heavy (non-hydrogen) atoms. The molecular formula is C27H14F5NOS. The van der Waals surface area contributed by atoms with Crippen LogP contribution in [-0.4, -0.2) is 4.98 Å². The number of hydrogen-bond acceptors (Lipinski definition) is 3. The van der Waals surface area contributed by atoms with Gasteiger partial charge in [-0.05, 0) is 65.6 Å². The number of nitrogens with zero attached hydrogens (tertiary/aromatic N) is 1. The summed E-state index contributed by atoms with van der Waals surface area (Å²) in [6.45, 7) is 2.01. The van der Waals surface area contributed by atoms with E-state index < -0.39 is 34.9 Å². The zero-order valence-electron chi connectivity index (χ0n) is 18.0. The average molecular weight is 495 g/mol. The summed E-state index contributed by atoms with van der Waals surface area (Å²) in [4.78, 5) is 4.50. The van der Waals surface area contributed by atoms with Gasteiger partial charge in [0.25, 0.3) is 0 Å². The maximum Gasteiger partial charge on any atom is 0.426 e. The topological polar surface area (TPSA) is 22.1 Å². The lowest BCUT2D eigenvalue weighted by Crippen LogP contribution is -2.22. The van der Waals surface area contributed by atoms with Crippen LogP contribution >= 0.6 is 11.3 Å². The zero-order valence-corrected chi connectivity index (χ0v) is 18.8. The second-order valence-electron chi connectivity index (χ2n) is 7.84. The van der Waals surface area contributed by atoms with Crippen LogP contribution in [0.15, 0.2) is 66.7 Å². The second-order valence-corrected chi connectivity index (χ2v) is 8.87. The van der Waals surface area contributed by atoms with Gasteiger partial charge in [-0.15, -0.1) is 11.3 Å². The lowest BCUT2D eigenvalue weighted by molar-refractivity contribution is -0.185. The van der Waals surface area contributed by atoms with E-state index in [0.29, 0.717) is 33.5 Å². The van der Waals surface area contributed by atoms with Gasteiger partial charge in [0.15, 0.2) is 22.5 Å². The molecule has 1 heterocycles. The van der Waals surface area contributed by atoms with E-state index in [1.165, 1.54) is 23.5 Å². The predicted octanol–water partition coefficient (Wildman–Crippen LogP) is 7.70. The van der Waals surface area contributed by atoms with Crippen LogP contribution in [0.1, 0.15) is 21.7 Å². The molecule has 0 saturated heterocycles. The normalized spacial score (nSPS) is 11.5. The van der Waals surface area contributed by atoms with Gasteiger partial charge in [-0.25, -0.2) is 18.2 Å². The minimum Gasteiger partial charge on any atom is -0.429 e. The molecule has 8 heteroatoms. The van der Waals surface area contributed by atoms with Gasteiger partial charge in [-0.3, -0.25) is 0 Å². The summed E-state index contributed by atoms with van der Waals surface area (Å²) in [5, 5.41) is 1.82. The number of halogens is 5. The van der Waals surface area contributed by atoms with Crippen LogP contribution in [0.5, 0.6) is 5.75 Å². The summed E-state index contributed by atoms with van der Waals surface area (Å²) in [6.07, 6.45) is -3.91. The van der Waals surface area contributed by atoms with Gasteiger partial charge in [0.1, 0.15) is 5.75 Å². The van der Waals surface area contributed by atoms with E-state index >= 15 is 0 Å². The quantitative estimate of drug-likeness (QED) is 0.145. The number of hydrogen-bond donors (Lipinski definition) is 0. The van der Waals surface area contributed by atoms with Crippen molar-refractivity contribution in [2.75, 3.05) is 0 Å². The van der Waals surface area contributed by atoms with Crippen LogP contribution in [0.4, 0.5) is 22.0 Å². The molecule has 2 nitrogen and oxygen atoms in total. The van der Waals surface area contributed by atoms with Gasteiger partial charge in [0.05, 0.1) is 15.8 Å². The van der Waals surface area contributed by atoms with Gasteiger partial charge in [-0.1, -0.05) is 24.1 Å². The molecule has 0 N–H and O–H groups in total. The Morgan fingerprint density at radius 3 is 2.31 bits per heavy atom. The first-order valence-corrected chi connectivity index (χ1v) is 11.1. The second kappa shape index (κ2) is 8.67. The molecule has 0 saturated carbocycles. The minimum absolute atomic E-state index is 0.366. The summed E-state index contributed by atoms with van der Waals surface area (Å²) in [5.41, 5.74) is 2.17. The Balaban J connectivity index is 1.40. The van der Waals surface area contributed by atoms with E-state index in [2.05, 4.69) is 21.6 Å². The molecule has 0 spiro atoms. The lowest BCUT2D eigenvalue weighted by Gasteiger charge is -2.19. The van der Waals surface area contributed by atoms with E-state index in [1.807, 2.05) is 25.1 Å². The van der Waals surface area contributed by atoms with E-state index in [-0.39, 0.29) is 0 Å². The van der Waals surface area contributed by atoms with Crippen molar-refractivity contribution < 1.29 is 26.7 Å². The third-order valence-electron chi connectivity index (χ3n) is 5.24. The standard InChI is InChI=1S/C27H14F5NOS/c1-15-2-8-23-24(10-15)35-25(33-23)9-4-16-3-5-18-12-19(7-6-17(18)11-16)27(31,32)34-20-13-21(28)26(30)22(29)14-20/h2-3,5-8,10-14H,1H3.